The van der Waals surface area contributed by atoms with Crippen molar-refractivity contribution in [3.05, 3.63) is 89.7 Å². The summed E-state index contributed by atoms with van der Waals surface area (Å²) >= 11 is 1.57. The second-order valence-corrected chi connectivity index (χ2v) is 9.02. The van der Waals surface area contributed by atoms with Gasteiger partial charge in [-0.15, -0.1) is 11.3 Å². The number of anilines is 3. The van der Waals surface area contributed by atoms with E-state index in [9.17, 15) is 0 Å². The summed E-state index contributed by atoms with van der Waals surface area (Å²) in [6.07, 6.45) is 4.38. The molecule has 0 fully saturated rings. The first kappa shape index (κ1) is 20.6. The highest BCUT2D eigenvalue weighted by Gasteiger charge is 2.18. The highest BCUT2D eigenvalue weighted by Crippen LogP contribution is 2.31. The van der Waals surface area contributed by atoms with Crippen LogP contribution >= 0.6 is 11.3 Å². The minimum Gasteiger partial charge on any atom is -0.438 e. The van der Waals surface area contributed by atoms with Gasteiger partial charge in [0.2, 0.25) is 11.8 Å². The molecule has 34 heavy (non-hydrogen) atoms. The molecule has 0 aliphatic carbocycles. The topological polar surface area (TPSA) is 67.3 Å². The van der Waals surface area contributed by atoms with E-state index in [4.69, 9.17) is 9.72 Å². The number of thiophene rings is 1. The summed E-state index contributed by atoms with van der Waals surface area (Å²) in [4.78, 5) is 23.1. The standard InChI is InChI=1S/C26H22N6OS/c1-31(20-6-8-21(9-7-20)33-24-22-12-15-34-25(22)29-17-28-24)26-27-13-10-23(30-26)32-14-11-18-4-2-3-5-19(18)16-32/h2-10,12-13,15,17H,11,14,16H2,1H3. The van der Waals surface area contributed by atoms with Crippen molar-refractivity contribution in [2.75, 3.05) is 23.4 Å². The van der Waals surface area contributed by atoms with Gasteiger partial charge < -0.3 is 14.5 Å². The van der Waals surface area contributed by atoms with Crippen molar-refractivity contribution in [1.82, 2.24) is 19.9 Å². The van der Waals surface area contributed by atoms with Gasteiger partial charge >= 0.3 is 0 Å². The lowest BCUT2D eigenvalue weighted by Crippen LogP contribution is -2.31. The van der Waals surface area contributed by atoms with Crippen LogP contribution in [0.3, 0.4) is 0 Å². The summed E-state index contributed by atoms with van der Waals surface area (Å²) in [5, 5.41) is 2.90. The Labute approximate surface area is 201 Å². The van der Waals surface area contributed by atoms with Gasteiger partial charge in [-0.05, 0) is 59.3 Å². The van der Waals surface area contributed by atoms with Crippen molar-refractivity contribution in [2.45, 2.75) is 13.0 Å². The van der Waals surface area contributed by atoms with Crippen LogP contribution in [0.2, 0.25) is 0 Å². The van der Waals surface area contributed by atoms with E-state index >= 15 is 0 Å². The van der Waals surface area contributed by atoms with E-state index in [2.05, 4.69) is 44.1 Å². The van der Waals surface area contributed by atoms with Crippen molar-refractivity contribution in [3.8, 4) is 11.6 Å². The van der Waals surface area contributed by atoms with Crippen molar-refractivity contribution < 1.29 is 4.74 Å². The quantitative estimate of drug-likeness (QED) is 0.334. The molecule has 0 radical (unpaired) electrons. The molecule has 0 amide bonds. The number of ether oxygens (including phenoxy) is 1. The molecule has 168 valence electrons. The number of hydrogen-bond donors (Lipinski definition) is 0. The number of fused-ring (bicyclic) bond motifs is 2. The van der Waals surface area contributed by atoms with Gasteiger partial charge in [0.1, 0.15) is 22.7 Å². The van der Waals surface area contributed by atoms with Crippen molar-refractivity contribution in [3.63, 3.8) is 0 Å². The molecule has 6 rings (SSSR count). The molecule has 0 unspecified atom stereocenters. The van der Waals surface area contributed by atoms with E-state index in [0.717, 1.165) is 41.2 Å². The Morgan fingerprint density at radius 3 is 2.68 bits per heavy atom. The Bertz CT molecular complexity index is 1450. The maximum Gasteiger partial charge on any atom is 0.231 e. The second kappa shape index (κ2) is 8.72. The maximum absolute atomic E-state index is 6.02. The minimum absolute atomic E-state index is 0.562. The number of hydrogen-bond acceptors (Lipinski definition) is 8. The fraction of sp³-hybridized carbons (Fsp3) is 0.154. The first-order valence-corrected chi connectivity index (χ1v) is 12.0. The van der Waals surface area contributed by atoms with Crippen LogP contribution in [0.5, 0.6) is 11.6 Å². The molecule has 5 aromatic rings. The largest absolute Gasteiger partial charge is 0.438 e. The third kappa shape index (κ3) is 3.92. The van der Waals surface area contributed by atoms with E-state index < -0.39 is 0 Å². The lowest BCUT2D eigenvalue weighted by Gasteiger charge is -2.30. The Morgan fingerprint density at radius 1 is 0.941 bits per heavy atom. The molecule has 8 heteroatoms. The Hall–Kier alpha value is -4.04. The average Bonchev–Trinajstić information content (AvgIpc) is 3.39. The van der Waals surface area contributed by atoms with E-state index in [1.54, 1.807) is 11.3 Å². The fourth-order valence-electron chi connectivity index (χ4n) is 4.18. The molecule has 2 aromatic carbocycles. The van der Waals surface area contributed by atoms with Gasteiger partial charge in [-0.2, -0.15) is 4.98 Å². The fourth-order valence-corrected chi connectivity index (χ4v) is 4.91. The van der Waals surface area contributed by atoms with Crippen molar-refractivity contribution in [1.29, 1.82) is 0 Å². The summed E-state index contributed by atoms with van der Waals surface area (Å²) in [5.74, 6) is 2.87. The van der Waals surface area contributed by atoms with Gasteiger partial charge in [0, 0.05) is 32.0 Å². The van der Waals surface area contributed by atoms with E-state index in [1.165, 1.54) is 17.5 Å². The molecule has 0 saturated heterocycles. The minimum atomic E-state index is 0.562. The van der Waals surface area contributed by atoms with Gasteiger partial charge in [0.05, 0.1) is 5.39 Å². The SMILES string of the molecule is CN(c1ccc(Oc2ncnc3sccc23)cc1)c1nccc(N2CCc3ccccc3C2)n1. The lowest BCUT2D eigenvalue weighted by molar-refractivity contribution is 0.468. The van der Waals surface area contributed by atoms with Crippen LogP contribution in [-0.4, -0.2) is 33.5 Å². The van der Waals surface area contributed by atoms with Gasteiger partial charge in [0.15, 0.2) is 0 Å². The number of aromatic nitrogens is 4. The van der Waals surface area contributed by atoms with Crippen LogP contribution in [0.15, 0.2) is 78.6 Å². The van der Waals surface area contributed by atoms with Crippen LogP contribution in [0.25, 0.3) is 10.2 Å². The summed E-state index contributed by atoms with van der Waals surface area (Å²) in [6, 6.07) is 20.4. The van der Waals surface area contributed by atoms with E-state index in [0.29, 0.717) is 17.6 Å². The Balaban J connectivity index is 1.19. The van der Waals surface area contributed by atoms with Gasteiger partial charge in [0.25, 0.3) is 0 Å². The summed E-state index contributed by atoms with van der Waals surface area (Å²) in [6.45, 7) is 1.81. The van der Waals surface area contributed by atoms with Crippen LogP contribution in [0.4, 0.5) is 17.5 Å². The first-order chi connectivity index (χ1) is 16.7. The molecule has 0 bridgehead atoms. The number of rotatable bonds is 5. The molecular weight excluding hydrogens is 444 g/mol. The molecule has 4 heterocycles. The normalized spacial score (nSPS) is 13.0. The number of nitrogens with zero attached hydrogens (tertiary/aromatic N) is 6. The number of benzene rings is 2. The first-order valence-electron chi connectivity index (χ1n) is 11.1. The van der Waals surface area contributed by atoms with Gasteiger partial charge in [-0.25, -0.2) is 15.0 Å². The highest BCUT2D eigenvalue weighted by molar-refractivity contribution is 7.16. The highest BCUT2D eigenvalue weighted by atomic mass is 32.1. The summed E-state index contributed by atoms with van der Waals surface area (Å²) < 4.78 is 6.02. The second-order valence-electron chi connectivity index (χ2n) is 8.13. The van der Waals surface area contributed by atoms with Crippen LogP contribution in [-0.2, 0) is 13.0 Å². The third-order valence-corrected chi connectivity index (χ3v) is 6.87. The zero-order chi connectivity index (χ0) is 22.9. The predicted octanol–water partition coefficient (Wildman–Crippen LogP) is 5.60. The zero-order valence-electron chi connectivity index (χ0n) is 18.6. The molecule has 3 aromatic heterocycles. The molecule has 0 atom stereocenters. The Kier molecular flexibility index (Phi) is 5.27. The third-order valence-electron chi connectivity index (χ3n) is 6.05. The lowest BCUT2D eigenvalue weighted by atomic mass is 10.00. The summed E-state index contributed by atoms with van der Waals surface area (Å²) in [7, 11) is 1.97. The van der Waals surface area contributed by atoms with Crippen LogP contribution in [0.1, 0.15) is 11.1 Å². The smallest absolute Gasteiger partial charge is 0.231 e. The zero-order valence-corrected chi connectivity index (χ0v) is 19.4. The van der Waals surface area contributed by atoms with Crippen LogP contribution < -0.4 is 14.5 Å². The van der Waals surface area contributed by atoms with Crippen LogP contribution in [0, 0.1) is 0 Å². The molecule has 0 saturated carbocycles. The van der Waals surface area contributed by atoms with Crippen molar-refractivity contribution in [2.24, 2.45) is 0 Å². The van der Waals surface area contributed by atoms with Gasteiger partial charge in [-0.3, -0.25) is 0 Å². The van der Waals surface area contributed by atoms with E-state index in [-0.39, 0.29) is 0 Å². The monoisotopic (exact) mass is 466 g/mol. The summed E-state index contributed by atoms with van der Waals surface area (Å²) in [5.41, 5.74) is 3.76. The van der Waals surface area contributed by atoms with Gasteiger partial charge in [-0.1, -0.05) is 24.3 Å². The Morgan fingerprint density at radius 2 is 1.79 bits per heavy atom. The maximum atomic E-state index is 6.02. The molecule has 1 aliphatic heterocycles. The molecular formula is C26H22N6OS. The molecule has 7 nitrogen and oxygen atoms in total. The molecule has 0 spiro atoms. The average molecular weight is 467 g/mol. The predicted molar refractivity (Wildman–Crippen MR) is 135 cm³/mol. The molecule has 0 N–H and O–H groups in total. The molecule has 1 aliphatic rings. The van der Waals surface area contributed by atoms with E-state index in [1.807, 2.05) is 59.9 Å². The van der Waals surface area contributed by atoms with Crippen molar-refractivity contribution >= 4 is 39.0 Å².